The Morgan fingerprint density at radius 3 is 2.38 bits per heavy atom. The van der Waals surface area contributed by atoms with Crippen LogP contribution in [0.1, 0.15) is 0 Å². The van der Waals surface area contributed by atoms with Gasteiger partial charge in [0, 0.05) is 0 Å². The third kappa shape index (κ3) is 1.49. The molecule has 3 aromatic carbocycles. The van der Waals surface area contributed by atoms with Gasteiger partial charge in [-0.15, -0.1) is 0 Å². The van der Waals surface area contributed by atoms with Crippen LogP contribution in [-0.2, 0) is 0 Å². The van der Waals surface area contributed by atoms with Gasteiger partial charge in [-0.1, -0.05) is 66.7 Å². The van der Waals surface area contributed by atoms with Crippen molar-refractivity contribution in [2.45, 2.75) is 0 Å². The van der Waals surface area contributed by atoms with Gasteiger partial charge >= 0.3 is 0 Å². The van der Waals surface area contributed by atoms with Crippen molar-refractivity contribution in [3.05, 3.63) is 72.8 Å². The molecule has 0 heteroatoms. The van der Waals surface area contributed by atoms with Gasteiger partial charge in [-0.3, -0.25) is 0 Å². The predicted octanol–water partition coefficient (Wildman–Crippen LogP) is 4.31. The molecule has 3 aromatic rings. The van der Waals surface area contributed by atoms with E-state index in [1.54, 1.807) is 0 Å². The molecule has 0 saturated heterocycles. The van der Waals surface area contributed by atoms with E-state index in [2.05, 4.69) is 54.6 Å². The maximum absolute atomic E-state index is 3.28. The monoisotopic (exact) mass is 203 g/mol. The molecule has 0 aromatic heterocycles. The summed E-state index contributed by atoms with van der Waals surface area (Å²) in [4.78, 5) is 0. The third-order valence-electron chi connectivity index (χ3n) is 2.79. The van der Waals surface area contributed by atoms with Crippen molar-refractivity contribution < 1.29 is 0 Å². The van der Waals surface area contributed by atoms with E-state index in [9.17, 15) is 0 Å². The van der Waals surface area contributed by atoms with Crippen LogP contribution in [0.3, 0.4) is 0 Å². The van der Waals surface area contributed by atoms with E-state index in [1.807, 2.05) is 18.2 Å². The highest BCUT2D eigenvalue weighted by atomic mass is 14.0. The zero-order chi connectivity index (χ0) is 10.8. The summed E-state index contributed by atoms with van der Waals surface area (Å²) >= 11 is 0. The number of hydrogen-bond donors (Lipinski definition) is 0. The van der Waals surface area contributed by atoms with Gasteiger partial charge in [0.25, 0.3) is 0 Å². The minimum absolute atomic E-state index is 1.15. The topological polar surface area (TPSA) is 0 Å². The van der Waals surface area contributed by atoms with Crippen molar-refractivity contribution in [3.63, 3.8) is 0 Å². The SMILES string of the molecule is [c]1ccccc1-c1cccc2ccccc12. The molecule has 0 amide bonds. The summed E-state index contributed by atoms with van der Waals surface area (Å²) in [5, 5.41) is 2.56. The number of fused-ring (bicyclic) bond motifs is 1. The van der Waals surface area contributed by atoms with E-state index in [1.165, 1.54) is 16.3 Å². The van der Waals surface area contributed by atoms with Crippen LogP contribution < -0.4 is 0 Å². The lowest BCUT2D eigenvalue weighted by molar-refractivity contribution is 1.64. The molecule has 0 bridgehead atoms. The quantitative estimate of drug-likeness (QED) is 0.553. The Bertz CT molecular complexity index is 604. The molecule has 0 aliphatic rings. The van der Waals surface area contributed by atoms with Crippen LogP contribution in [0.2, 0.25) is 0 Å². The van der Waals surface area contributed by atoms with Crippen molar-refractivity contribution in [2.75, 3.05) is 0 Å². The van der Waals surface area contributed by atoms with Crippen LogP contribution in [0, 0.1) is 6.07 Å². The van der Waals surface area contributed by atoms with Crippen molar-refractivity contribution in [3.8, 4) is 11.1 Å². The van der Waals surface area contributed by atoms with Crippen LogP contribution in [0.4, 0.5) is 0 Å². The molecule has 0 heterocycles. The van der Waals surface area contributed by atoms with E-state index in [0.717, 1.165) is 5.56 Å². The maximum Gasteiger partial charge on any atom is -0.00990 e. The molecule has 0 aliphatic carbocycles. The van der Waals surface area contributed by atoms with E-state index in [0.29, 0.717) is 0 Å². The summed E-state index contributed by atoms with van der Waals surface area (Å²) in [5.41, 5.74) is 2.40. The van der Waals surface area contributed by atoms with Gasteiger partial charge < -0.3 is 0 Å². The fraction of sp³-hybridized carbons (Fsp3) is 0. The molecule has 0 atom stereocenters. The highest BCUT2D eigenvalue weighted by Gasteiger charge is 2.01. The van der Waals surface area contributed by atoms with Crippen LogP contribution in [0.15, 0.2) is 66.7 Å². The Labute approximate surface area is 95.2 Å². The molecule has 0 saturated carbocycles. The van der Waals surface area contributed by atoms with Crippen molar-refractivity contribution in [1.82, 2.24) is 0 Å². The average molecular weight is 203 g/mol. The van der Waals surface area contributed by atoms with Gasteiger partial charge in [-0.2, -0.15) is 0 Å². The lowest BCUT2D eigenvalue weighted by Crippen LogP contribution is -1.80. The van der Waals surface area contributed by atoms with Crippen molar-refractivity contribution >= 4 is 10.8 Å². The van der Waals surface area contributed by atoms with Crippen LogP contribution in [0.5, 0.6) is 0 Å². The van der Waals surface area contributed by atoms with Crippen LogP contribution in [-0.4, -0.2) is 0 Å². The molecule has 75 valence electrons. The summed E-state index contributed by atoms with van der Waals surface area (Å²) in [6.45, 7) is 0. The summed E-state index contributed by atoms with van der Waals surface area (Å²) in [6.07, 6.45) is 0. The highest BCUT2D eigenvalue weighted by Crippen LogP contribution is 2.27. The summed E-state index contributed by atoms with van der Waals surface area (Å²) in [5.74, 6) is 0. The van der Waals surface area contributed by atoms with E-state index < -0.39 is 0 Å². The Morgan fingerprint density at radius 2 is 1.50 bits per heavy atom. The van der Waals surface area contributed by atoms with Crippen LogP contribution >= 0.6 is 0 Å². The molecule has 0 aliphatic heterocycles. The fourth-order valence-electron chi connectivity index (χ4n) is 2.02. The van der Waals surface area contributed by atoms with Gasteiger partial charge in [0.1, 0.15) is 0 Å². The zero-order valence-corrected chi connectivity index (χ0v) is 8.85. The first kappa shape index (κ1) is 9.17. The lowest BCUT2D eigenvalue weighted by atomic mass is 9.98. The maximum atomic E-state index is 3.28. The molecule has 0 unspecified atom stereocenters. The molecule has 0 N–H and O–H groups in total. The van der Waals surface area contributed by atoms with Crippen molar-refractivity contribution in [1.29, 1.82) is 0 Å². The first-order chi connectivity index (χ1) is 7.95. The van der Waals surface area contributed by atoms with Gasteiger partial charge in [0.15, 0.2) is 0 Å². The molecule has 3 rings (SSSR count). The lowest BCUT2D eigenvalue weighted by Gasteiger charge is -2.05. The predicted molar refractivity (Wildman–Crippen MR) is 68.2 cm³/mol. The standard InChI is InChI=1S/C16H11/c1-2-7-13(8-3-1)16-12-6-10-14-9-4-5-11-15(14)16/h1-7,9-12H. The third-order valence-corrected chi connectivity index (χ3v) is 2.79. The van der Waals surface area contributed by atoms with Gasteiger partial charge in [0.2, 0.25) is 0 Å². The molecule has 0 nitrogen and oxygen atoms in total. The van der Waals surface area contributed by atoms with Gasteiger partial charge in [0.05, 0.1) is 0 Å². The Hall–Kier alpha value is -2.08. The molecule has 16 heavy (non-hydrogen) atoms. The smallest absolute Gasteiger partial charge is 0.00990 e. The second-order valence-corrected chi connectivity index (χ2v) is 3.80. The number of benzene rings is 3. The Balaban J connectivity index is 2.32. The van der Waals surface area contributed by atoms with Crippen LogP contribution in [0.25, 0.3) is 21.9 Å². The molecular formula is C16H11. The average Bonchev–Trinajstić information content (AvgIpc) is 2.39. The number of rotatable bonds is 1. The van der Waals surface area contributed by atoms with Gasteiger partial charge in [-0.05, 0) is 28.0 Å². The first-order valence-electron chi connectivity index (χ1n) is 5.40. The van der Waals surface area contributed by atoms with E-state index >= 15 is 0 Å². The Morgan fingerprint density at radius 1 is 0.688 bits per heavy atom. The summed E-state index contributed by atoms with van der Waals surface area (Å²) in [7, 11) is 0. The Kier molecular flexibility index (Phi) is 2.19. The zero-order valence-electron chi connectivity index (χ0n) is 8.85. The molecule has 1 radical (unpaired) electrons. The van der Waals surface area contributed by atoms with Crippen molar-refractivity contribution in [2.24, 2.45) is 0 Å². The minimum atomic E-state index is 1.15. The second-order valence-electron chi connectivity index (χ2n) is 3.80. The second kappa shape index (κ2) is 3.82. The van der Waals surface area contributed by atoms with Gasteiger partial charge in [-0.25, -0.2) is 0 Å². The molecular weight excluding hydrogens is 192 g/mol. The molecule has 0 fully saturated rings. The first-order valence-corrected chi connectivity index (χ1v) is 5.40. The summed E-state index contributed by atoms with van der Waals surface area (Å²) in [6, 6.07) is 26.2. The van der Waals surface area contributed by atoms with E-state index in [4.69, 9.17) is 0 Å². The normalized spacial score (nSPS) is 10.5. The van der Waals surface area contributed by atoms with E-state index in [-0.39, 0.29) is 0 Å². The largest absolute Gasteiger partial charge is 0.0616 e. The minimum Gasteiger partial charge on any atom is -0.0616 e. The fourth-order valence-corrected chi connectivity index (χ4v) is 2.02. The molecule has 0 spiro atoms. The number of hydrogen-bond acceptors (Lipinski definition) is 0. The summed E-state index contributed by atoms with van der Waals surface area (Å²) < 4.78 is 0. The highest BCUT2D eigenvalue weighted by molar-refractivity contribution is 5.96.